The van der Waals surface area contributed by atoms with E-state index in [-0.39, 0.29) is 0 Å². The lowest BCUT2D eigenvalue weighted by Gasteiger charge is -2.14. The SMILES string of the molecule is N#Cc1cc(-n2c3ccccc3c3cc4oc5ccccc5c4cc32)c2oc3ccccc3c2c1-c1nc(-c2ccccc2)nc(-c2ccccc2)n1. The summed E-state index contributed by atoms with van der Waals surface area (Å²) in [5.74, 6) is 1.43. The van der Waals surface area contributed by atoms with Crippen molar-refractivity contribution in [2.45, 2.75) is 0 Å². The van der Waals surface area contributed by atoms with Gasteiger partial charge in [-0.2, -0.15) is 5.26 Å². The molecule has 0 amide bonds. The molecule has 0 N–H and O–H groups in total. The van der Waals surface area contributed by atoms with Gasteiger partial charge in [-0.15, -0.1) is 0 Å². The van der Waals surface area contributed by atoms with Crippen molar-refractivity contribution in [2.75, 3.05) is 0 Å². The zero-order valence-corrected chi connectivity index (χ0v) is 28.0. The second kappa shape index (κ2) is 11.2. The van der Waals surface area contributed by atoms with Crippen LogP contribution in [0.3, 0.4) is 0 Å². The molecule has 246 valence electrons. The van der Waals surface area contributed by atoms with Gasteiger partial charge in [0.25, 0.3) is 0 Å². The molecule has 0 radical (unpaired) electrons. The van der Waals surface area contributed by atoms with Crippen LogP contribution in [0.25, 0.3) is 106 Å². The van der Waals surface area contributed by atoms with E-state index in [0.717, 1.165) is 71.3 Å². The molecule has 0 spiro atoms. The monoisotopic (exact) mass is 679 g/mol. The Balaban J connectivity index is 1.27. The molecule has 11 aromatic rings. The van der Waals surface area contributed by atoms with E-state index in [1.807, 2.05) is 121 Å². The zero-order chi connectivity index (χ0) is 35.0. The molecule has 0 aliphatic rings. The molecular formula is C46H25N5O2. The van der Waals surface area contributed by atoms with Crippen molar-refractivity contribution in [3.63, 3.8) is 0 Å². The Bertz CT molecular complexity index is 3240. The summed E-state index contributed by atoms with van der Waals surface area (Å²) in [5.41, 5.74) is 8.40. The minimum atomic E-state index is 0.395. The molecule has 7 aromatic carbocycles. The average Bonchev–Trinajstić information content (AvgIpc) is 3.89. The van der Waals surface area contributed by atoms with Crippen LogP contribution in [-0.2, 0) is 0 Å². The van der Waals surface area contributed by atoms with Crippen LogP contribution >= 0.6 is 0 Å². The molecule has 0 aliphatic carbocycles. The standard InChI is InChI=1S/C46H25N5O2/c47-26-29-23-37(51-35-20-10-7-17-30(35)33-25-40-34(24-36(33)51)31-18-8-11-21-38(31)52-40)43-42(32-19-9-12-22-39(32)53-43)41(29)46-49-44(27-13-3-1-4-14-27)48-45(50-46)28-15-5-2-6-16-28/h1-25H. The molecule has 11 rings (SSSR count). The highest BCUT2D eigenvalue weighted by Gasteiger charge is 2.26. The molecule has 0 fully saturated rings. The van der Waals surface area contributed by atoms with E-state index in [1.54, 1.807) is 0 Å². The van der Waals surface area contributed by atoms with E-state index < -0.39 is 0 Å². The number of nitriles is 1. The van der Waals surface area contributed by atoms with Crippen molar-refractivity contribution in [1.29, 1.82) is 5.26 Å². The number of hydrogen-bond acceptors (Lipinski definition) is 6. The number of furan rings is 2. The zero-order valence-electron chi connectivity index (χ0n) is 28.0. The molecule has 0 saturated carbocycles. The first-order valence-corrected chi connectivity index (χ1v) is 17.3. The largest absolute Gasteiger partial charge is 0.456 e. The Morgan fingerprint density at radius 2 is 1.06 bits per heavy atom. The minimum Gasteiger partial charge on any atom is -0.456 e. The average molecular weight is 680 g/mol. The molecule has 53 heavy (non-hydrogen) atoms. The lowest BCUT2D eigenvalue weighted by atomic mass is 9.98. The molecular weight excluding hydrogens is 655 g/mol. The number of para-hydroxylation sites is 3. The van der Waals surface area contributed by atoms with Crippen LogP contribution < -0.4 is 0 Å². The van der Waals surface area contributed by atoms with Gasteiger partial charge in [0, 0.05) is 49.0 Å². The maximum Gasteiger partial charge on any atom is 0.166 e. The second-order valence-electron chi connectivity index (χ2n) is 13.1. The van der Waals surface area contributed by atoms with Gasteiger partial charge in [0.05, 0.1) is 28.4 Å². The van der Waals surface area contributed by atoms with E-state index in [4.69, 9.17) is 23.8 Å². The van der Waals surface area contributed by atoms with Crippen LogP contribution in [0.15, 0.2) is 160 Å². The highest BCUT2D eigenvalue weighted by Crippen LogP contribution is 2.45. The highest BCUT2D eigenvalue weighted by molar-refractivity contribution is 6.20. The molecule has 4 heterocycles. The molecule has 0 atom stereocenters. The predicted molar refractivity (Wildman–Crippen MR) is 210 cm³/mol. The maximum absolute atomic E-state index is 11.0. The van der Waals surface area contributed by atoms with Gasteiger partial charge in [-0.05, 0) is 36.4 Å². The van der Waals surface area contributed by atoms with Crippen molar-refractivity contribution in [2.24, 2.45) is 0 Å². The van der Waals surface area contributed by atoms with E-state index in [1.165, 1.54) is 0 Å². The fraction of sp³-hybridized carbons (Fsp3) is 0. The van der Waals surface area contributed by atoms with Gasteiger partial charge < -0.3 is 13.4 Å². The number of aromatic nitrogens is 4. The fourth-order valence-corrected chi connectivity index (χ4v) is 7.74. The Labute approximate surface area is 301 Å². The second-order valence-corrected chi connectivity index (χ2v) is 13.1. The molecule has 0 unspecified atom stereocenters. The van der Waals surface area contributed by atoms with E-state index >= 15 is 0 Å². The number of benzene rings is 7. The normalized spacial score (nSPS) is 11.8. The topological polar surface area (TPSA) is 93.7 Å². The Kier molecular flexibility index (Phi) is 6.18. The van der Waals surface area contributed by atoms with Crippen molar-refractivity contribution < 1.29 is 8.83 Å². The highest BCUT2D eigenvalue weighted by atomic mass is 16.3. The number of hydrogen-bond donors (Lipinski definition) is 0. The summed E-state index contributed by atoms with van der Waals surface area (Å²) in [5, 5.41) is 16.8. The summed E-state index contributed by atoms with van der Waals surface area (Å²) in [7, 11) is 0. The quantitative estimate of drug-likeness (QED) is 0.184. The summed E-state index contributed by atoms with van der Waals surface area (Å²) < 4.78 is 15.4. The predicted octanol–water partition coefficient (Wildman–Crippen LogP) is 11.6. The van der Waals surface area contributed by atoms with Gasteiger partial charge in [0.1, 0.15) is 16.7 Å². The van der Waals surface area contributed by atoms with Crippen LogP contribution in [0.1, 0.15) is 5.56 Å². The van der Waals surface area contributed by atoms with Gasteiger partial charge in [-0.25, -0.2) is 15.0 Å². The minimum absolute atomic E-state index is 0.395. The summed E-state index contributed by atoms with van der Waals surface area (Å²) in [6.07, 6.45) is 0. The number of nitrogens with zero attached hydrogens (tertiary/aromatic N) is 5. The van der Waals surface area contributed by atoms with Crippen molar-refractivity contribution >= 4 is 65.7 Å². The Hall–Kier alpha value is -7.56. The summed E-state index contributed by atoms with van der Waals surface area (Å²) >= 11 is 0. The van der Waals surface area contributed by atoms with Gasteiger partial charge in [0.2, 0.25) is 0 Å². The summed E-state index contributed by atoms with van der Waals surface area (Å²) in [6, 6.07) is 52.8. The molecule has 0 saturated heterocycles. The van der Waals surface area contributed by atoms with Crippen molar-refractivity contribution in [1.82, 2.24) is 19.5 Å². The lowest BCUT2D eigenvalue weighted by molar-refractivity contribution is 0.666. The smallest absolute Gasteiger partial charge is 0.166 e. The molecule has 7 heteroatoms. The first-order chi connectivity index (χ1) is 26.2. The van der Waals surface area contributed by atoms with Crippen LogP contribution in [0.2, 0.25) is 0 Å². The van der Waals surface area contributed by atoms with Crippen LogP contribution in [-0.4, -0.2) is 19.5 Å². The molecule has 7 nitrogen and oxygen atoms in total. The van der Waals surface area contributed by atoms with Crippen molar-refractivity contribution in [3.8, 4) is 45.9 Å². The van der Waals surface area contributed by atoms with Gasteiger partial charge >= 0.3 is 0 Å². The van der Waals surface area contributed by atoms with E-state index in [0.29, 0.717) is 39.8 Å². The summed E-state index contributed by atoms with van der Waals surface area (Å²) in [6.45, 7) is 0. The first-order valence-electron chi connectivity index (χ1n) is 17.3. The fourth-order valence-electron chi connectivity index (χ4n) is 7.74. The molecule has 0 aliphatic heterocycles. The third kappa shape index (κ3) is 4.36. The summed E-state index contributed by atoms with van der Waals surface area (Å²) in [4.78, 5) is 15.0. The number of fused-ring (bicyclic) bond motifs is 9. The van der Waals surface area contributed by atoms with Gasteiger partial charge in [-0.3, -0.25) is 0 Å². The first kappa shape index (κ1) is 29.2. The number of rotatable bonds is 4. The van der Waals surface area contributed by atoms with Gasteiger partial charge in [0.15, 0.2) is 23.1 Å². The van der Waals surface area contributed by atoms with E-state index in [2.05, 4.69) is 41.0 Å². The third-order valence-electron chi connectivity index (χ3n) is 10.1. The molecule has 4 aromatic heterocycles. The van der Waals surface area contributed by atoms with Gasteiger partial charge in [-0.1, -0.05) is 115 Å². The van der Waals surface area contributed by atoms with Crippen LogP contribution in [0.4, 0.5) is 0 Å². The third-order valence-corrected chi connectivity index (χ3v) is 10.1. The lowest BCUT2D eigenvalue weighted by Crippen LogP contribution is -2.03. The maximum atomic E-state index is 11.0. The Morgan fingerprint density at radius 1 is 0.472 bits per heavy atom. The van der Waals surface area contributed by atoms with Crippen LogP contribution in [0.5, 0.6) is 0 Å². The van der Waals surface area contributed by atoms with E-state index in [9.17, 15) is 5.26 Å². The van der Waals surface area contributed by atoms with Crippen molar-refractivity contribution in [3.05, 3.63) is 157 Å². The Morgan fingerprint density at radius 3 is 1.75 bits per heavy atom. The van der Waals surface area contributed by atoms with Crippen LogP contribution in [0, 0.1) is 11.3 Å². The molecule has 0 bridgehead atoms.